The standard InChI is InChI=1S/C17H27NO2Si/c1-17(2,3)21(4,5)20-12-6-11-19-15-7-8-16-14(13-15)9-10-18-16/h7-10,13,18H,6,11-12H2,1-5H3. The molecule has 0 amide bonds. The Morgan fingerprint density at radius 2 is 1.86 bits per heavy atom. The van der Waals surface area contributed by atoms with Crippen molar-refractivity contribution in [3.63, 3.8) is 0 Å². The summed E-state index contributed by atoms with van der Waals surface area (Å²) in [5, 5.41) is 1.46. The highest BCUT2D eigenvalue weighted by molar-refractivity contribution is 6.74. The Balaban J connectivity index is 1.75. The van der Waals surface area contributed by atoms with E-state index in [9.17, 15) is 0 Å². The summed E-state index contributed by atoms with van der Waals surface area (Å²) in [5.74, 6) is 0.925. The summed E-state index contributed by atoms with van der Waals surface area (Å²) in [6, 6.07) is 8.19. The first-order valence-corrected chi connectivity index (χ1v) is 10.5. The Kier molecular flexibility index (Phi) is 4.79. The minimum absolute atomic E-state index is 0.271. The lowest BCUT2D eigenvalue weighted by Crippen LogP contribution is -2.41. The van der Waals surface area contributed by atoms with Crippen LogP contribution in [-0.4, -0.2) is 26.5 Å². The molecule has 0 radical (unpaired) electrons. The zero-order chi connectivity index (χ0) is 15.5. The fourth-order valence-corrected chi connectivity index (χ4v) is 3.00. The van der Waals surface area contributed by atoms with Gasteiger partial charge in [-0.1, -0.05) is 20.8 Å². The predicted octanol–water partition coefficient (Wildman–Crippen LogP) is 4.96. The highest BCUT2D eigenvalue weighted by Gasteiger charge is 2.36. The van der Waals surface area contributed by atoms with Gasteiger partial charge in [-0.15, -0.1) is 0 Å². The maximum Gasteiger partial charge on any atom is 0.191 e. The van der Waals surface area contributed by atoms with Crippen LogP contribution in [0.5, 0.6) is 5.75 Å². The summed E-state index contributed by atoms with van der Waals surface area (Å²) in [5.41, 5.74) is 1.14. The molecular weight excluding hydrogens is 278 g/mol. The highest BCUT2D eigenvalue weighted by Crippen LogP contribution is 2.36. The molecule has 4 heteroatoms. The topological polar surface area (TPSA) is 34.2 Å². The summed E-state index contributed by atoms with van der Waals surface area (Å²) in [7, 11) is -1.62. The Morgan fingerprint density at radius 3 is 2.57 bits per heavy atom. The minimum atomic E-state index is -1.62. The van der Waals surface area contributed by atoms with Crippen molar-refractivity contribution in [2.45, 2.75) is 45.3 Å². The van der Waals surface area contributed by atoms with E-state index in [-0.39, 0.29) is 5.04 Å². The van der Waals surface area contributed by atoms with Gasteiger partial charge in [-0.2, -0.15) is 0 Å². The molecule has 21 heavy (non-hydrogen) atoms. The van der Waals surface area contributed by atoms with E-state index in [1.807, 2.05) is 12.3 Å². The zero-order valence-corrected chi connectivity index (χ0v) is 14.8. The molecule has 0 aliphatic rings. The van der Waals surface area contributed by atoms with Gasteiger partial charge in [0, 0.05) is 30.1 Å². The van der Waals surface area contributed by atoms with Gasteiger partial charge in [0.2, 0.25) is 0 Å². The number of ether oxygens (including phenoxy) is 1. The molecular formula is C17H27NO2Si. The van der Waals surface area contributed by atoms with Gasteiger partial charge in [0.1, 0.15) is 5.75 Å². The van der Waals surface area contributed by atoms with Gasteiger partial charge < -0.3 is 14.1 Å². The Bertz CT molecular complexity index is 584. The molecule has 0 aliphatic heterocycles. The summed E-state index contributed by atoms with van der Waals surface area (Å²) in [6.45, 7) is 12.8. The number of benzene rings is 1. The third-order valence-electron chi connectivity index (χ3n) is 4.35. The van der Waals surface area contributed by atoms with E-state index >= 15 is 0 Å². The van der Waals surface area contributed by atoms with Gasteiger partial charge >= 0.3 is 0 Å². The first-order valence-electron chi connectivity index (χ1n) is 7.63. The van der Waals surface area contributed by atoms with Crippen LogP contribution in [0.15, 0.2) is 30.5 Å². The summed E-state index contributed by atoms with van der Waals surface area (Å²) >= 11 is 0. The SMILES string of the molecule is CC(C)(C)[Si](C)(C)OCCCOc1ccc2[nH]ccc2c1. The third kappa shape index (κ3) is 4.11. The number of rotatable bonds is 6. The number of hydrogen-bond acceptors (Lipinski definition) is 2. The molecule has 0 saturated heterocycles. The maximum absolute atomic E-state index is 6.14. The lowest BCUT2D eigenvalue weighted by molar-refractivity contribution is 0.234. The summed E-state index contributed by atoms with van der Waals surface area (Å²) < 4.78 is 11.9. The highest BCUT2D eigenvalue weighted by atomic mass is 28.4. The number of fused-ring (bicyclic) bond motifs is 1. The molecule has 0 spiro atoms. The van der Waals surface area contributed by atoms with Crippen molar-refractivity contribution in [3.8, 4) is 5.75 Å². The van der Waals surface area contributed by atoms with Crippen molar-refractivity contribution < 1.29 is 9.16 Å². The maximum atomic E-state index is 6.14. The molecule has 1 N–H and O–H groups in total. The predicted molar refractivity (Wildman–Crippen MR) is 91.6 cm³/mol. The van der Waals surface area contributed by atoms with E-state index < -0.39 is 8.32 Å². The van der Waals surface area contributed by atoms with Crippen molar-refractivity contribution in [1.82, 2.24) is 4.98 Å². The molecule has 2 rings (SSSR count). The van der Waals surface area contributed by atoms with Gasteiger partial charge in [0.15, 0.2) is 8.32 Å². The lowest BCUT2D eigenvalue weighted by Gasteiger charge is -2.36. The molecule has 1 heterocycles. The Hall–Kier alpha value is -1.26. The number of hydrogen-bond donors (Lipinski definition) is 1. The van der Waals surface area contributed by atoms with Crippen LogP contribution in [0.2, 0.25) is 18.1 Å². The monoisotopic (exact) mass is 305 g/mol. The molecule has 0 atom stereocenters. The van der Waals surface area contributed by atoms with Crippen LogP contribution in [0.4, 0.5) is 0 Å². The molecule has 0 aliphatic carbocycles. The number of aromatic nitrogens is 1. The van der Waals surface area contributed by atoms with Crippen molar-refractivity contribution >= 4 is 19.2 Å². The fraction of sp³-hybridized carbons (Fsp3) is 0.529. The summed E-state index contributed by atoms with van der Waals surface area (Å²) in [4.78, 5) is 3.18. The van der Waals surface area contributed by atoms with E-state index in [0.717, 1.165) is 24.3 Å². The molecule has 0 unspecified atom stereocenters. The molecule has 1 aromatic carbocycles. The molecule has 1 aromatic heterocycles. The van der Waals surface area contributed by atoms with Crippen molar-refractivity contribution in [2.24, 2.45) is 0 Å². The molecule has 0 saturated carbocycles. The second kappa shape index (κ2) is 6.24. The molecule has 0 fully saturated rings. The van der Waals surface area contributed by atoms with Crippen LogP contribution in [-0.2, 0) is 4.43 Å². The van der Waals surface area contributed by atoms with E-state index in [0.29, 0.717) is 6.61 Å². The van der Waals surface area contributed by atoms with E-state index in [1.165, 1.54) is 5.39 Å². The van der Waals surface area contributed by atoms with Crippen LogP contribution < -0.4 is 4.74 Å². The van der Waals surface area contributed by atoms with Gasteiger partial charge in [-0.05, 0) is 42.4 Å². The quantitative estimate of drug-likeness (QED) is 0.604. The van der Waals surface area contributed by atoms with Crippen molar-refractivity contribution in [2.75, 3.05) is 13.2 Å². The van der Waals surface area contributed by atoms with E-state index in [1.54, 1.807) is 0 Å². The van der Waals surface area contributed by atoms with Crippen LogP contribution in [0, 0.1) is 0 Å². The minimum Gasteiger partial charge on any atom is -0.493 e. The average molecular weight is 305 g/mol. The zero-order valence-electron chi connectivity index (χ0n) is 13.8. The third-order valence-corrected chi connectivity index (χ3v) is 8.89. The largest absolute Gasteiger partial charge is 0.493 e. The van der Waals surface area contributed by atoms with Crippen molar-refractivity contribution in [3.05, 3.63) is 30.5 Å². The lowest BCUT2D eigenvalue weighted by atomic mass is 10.2. The molecule has 2 aromatic rings. The fourth-order valence-electron chi connectivity index (χ4n) is 1.91. The Morgan fingerprint density at radius 1 is 1.10 bits per heavy atom. The van der Waals surface area contributed by atoms with E-state index in [2.05, 4.69) is 57.0 Å². The number of H-pyrrole nitrogens is 1. The second-order valence-corrected chi connectivity index (χ2v) is 11.8. The van der Waals surface area contributed by atoms with Crippen molar-refractivity contribution in [1.29, 1.82) is 0 Å². The molecule has 3 nitrogen and oxygen atoms in total. The van der Waals surface area contributed by atoms with Crippen LogP contribution >= 0.6 is 0 Å². The first kappa shape index (κ1) is 16.1. The molecule has 116 valence electrons. The van der Waals surface area contributed by atoms with Crippen LogP contribution in [0.25, 0.3) is 10.9 Å². The van der Waals surface area contributed by atoms with Gasteiger partial charge in [-0.25, -0.2) is 0 Å². The van der Waals surface area contributed by atoms with Gasteiger partial charge in [0.05, 0.1) is 6.61 Å². The van der Waals surface area contributed by atoms with Gasteiger partial charge in [0.25, 0.3) is 0 Å². The summed E-state index contributed by atoms with van der Waals surface area (Å²) in [6.07, 6.45) is 2.87. The smallest absolute Gasteiger partial charge is 0.191 e. The number of nitrogens with one attached hydrogen (secondary N) is 1. The Labute approximate surface area is 128 Å². The molecule has 0 bridgehead atoms. The van der Waals surface area contributed by atoms with Gasteiger partial charge in [-0.3, -0.25) is 0 Å². The normalized spacial score (nSPS) is 12.8. The average Bonchev–Trinajstić information content (AvgIpc) is 2.84. The first-order chi connectivity index (χ1) is 9.79. The van der Waals surface area contributed by atoms with E-state index in [4.69, 9.17) is 9.16 Å². The van der Waals surface area contributed by atoms with Crippen LogP contribution in [0.1, 0.15) is 27.2 Å². The van der Waals surface area contributed by atoms with Crippen LogP contribution in [0.3, 0.4) is 0 Å². The second-order valence-electron chi connectivity index (χ2n) is 7.04. The number of aromatic amines is 1.